The van der Waals surface area contributed by atoms with Gasteiger partial charge in [-0.05, 0) is 25.5 Å². The summed E-state index contributed by atoms with van der Waals surface area (Å²) in [5, 5.41) is 0. The van der Waals surface area contributed by atoms with Crippen molar-refractivity contribution in [3.05, 3.63) is 29.8 Å². The maximum atomic E-state index is 13.0. The average molecular weight is 321 g/mol. The molecule has 1 amide bonds. The minimum Gasteiger partial charge on any atom is -0.273 e. The van der Waals surface area contributed by atoms with Gasteiger partial charge >= 0.3 is 6.18 Å². The number of hydrogen-bond donors (Lipinski definition) is 0. The topological polar surface area (TPSA) is 54.5 Å². The molecule has 0 aliphatic carbocycles. The van der Waals surface area contributed by atoms with Gasteiger partial charge in [-0.15, -0.1) is 0 Å². The molecule has 2 atom stereocenters. The van der Waals surface area contributed by atoms with Gasteiger partial charge in [0.2, 0.25) is 5.91 Å². The van der Waals surface area contributed by atoms with E-state index in [1.807, 2.05) is 0 Å². The SMILES string of the molecule is CC[C@@H]1C(=O)N(S(=O)(=O)c2ccc(C)cc2)[C@H]1C(F)(F)F. The van der Waals surface area contributed by atoms with Crippen molar-refractivity contribution in [2.75, 3.05) is 0 Å². The Morgan fingerprint density at radius 1 is 1.19 bits per heavy atom. The molecule has 1 aliphatic heterocycles. The van der Waals surface area contributed by atoms with Crippen LogP contribution < -0.4 is 0 Å². The molecule has 0 N–H and O–H groups in total. The molecule has 2 rings (SSSR count). The van der Waals surface area contributed by atoms with Gasteiger partial charge in [-0.25, -0.2) is 12.7 Å². The lowest BCUT2D eigenvalue weighted by atomic mass is 9.87. The summed E-state index contributed by atoms with van der Waals surface area (Å²) in [6.07, 6.45) is -4.82. The van der Waals surface area contributed by atoms with Gasteiger partial charge in [0, 0.05) is 0 Å². The minimum atomic E-state index is -4.77. The number of alkyl halides is 3. The van der Waals surface area contributed by atoms with Gasteiger partial charge in [-0.3, -0.25) is 4.79 Å². The second-order valence-corrected chi connectivity index (χ2v) is 6.77. The minimum absolute atomic E-state index is 0.0359. The third kappa shape index (κ3) is 2.52. The fourth-order valence-corrected chi connectivity index (χ4v) is 4.01. The zero-order valence-corrected chi connectivity index (χ0v) is 12.2. The normalized spacial score (nSPS) is 23.1. The first kappa shape index (κ1) is 15.8. The van der Waals surface area contributed by atoms with E-state index in [1.54, 1.807) is 6.92 Å². The molecule has 1 aromatic rings. The third-order valence-electron chi connectivity index (χ3n) is 3.52. The quantitative estimate of drug-likeness (QED) is 0.804. The first-order valence-corrected chi connectivity index (χ1v) is 7.76. The highest BCUT2D eigenvalue weighted by Crippen LogP contribution is 2.43. The smallest absolute Gasteiger partial charge is 0.273 e. The highest BCUT2D eigenvalue weighted by molar-refractivity contribution is 7.89. The van der Waals surface area contributed by atoms with Crippen LogP contribution in [0.2, 0.25) is 0 Å². The molecule has 0 aromatic heterocycles. The Morgan fingerprint density at radius 3 is 2.14 bits per heavy atom. The van der Waals surface area contributed by atoms with Gasteiger partial charge in [0.25, 0.3) is 10.0 Å². The van der Waals surface area contributed by atoms with Crippen molar-refractivity contribution in [3.63, 3.8) is 0 Å². The molecule has 0 unspecified atom stereocenters. The van der Waals surface area contributed by atoms with Crippen LogP contribution in [-0.2, 0) is 14.8 Å². The van der Waals surface area contributed by atoms with E-state index in [9.17, 15) is 26.4 Å². The van der Waals surface area contributed by atoms with Crippen molar-refractivity contribution >= 4 is 15.9 Å². The number of amides is 1. The molecule has 116 valence electrons. The van der Waals surface area contributed by atoms with Crippen molar-refractivity contribution in [1.82, 2.24) is 4.31 Å². The second-order valence-electron chi connectivity index (χ2n) is 4.95. The van der Waals surface area contributed by atoms with Gasteiger partial charge in [0.05, 0.1) is 10.8 Å². The molecule has 1 heterocycles. The van der Waals surface area contributed by atoms with E-state index in [4.69, 9.17) is 0 Å². The van der Waals surface area contributed by atoms with Crippen molar-refractivity contribution in [2.45, 2.75) is 37.4 Å². The summed E-state index contributed by atoms with van der Waals surface area (Å²) < 4.78 is 63.5. The maximum absolute atomic E-state index is 13.0. The Morgan fingerprint density at radius 2 is 1.71 bits per heavy atom. The van der Waals surface area contributed by atoms with E-state index in [-0.39, 0.29) is 15.6 Å². The molecule has 0 saturated carbocycles. The average Bonchev–Trinajstić information content (AvgIpc) is 2.35. The molecular formula is C13H14F3NO3S. The number of aryl methyl sites for hydroxylation is 1. The first-order valence-electron chi connectivity index (χ1n) is 6.32. The number of carbonyl (C=O) groups is 1. The van der Waals surface area contributed by atoms with Crippen molar-refractivity contribution in [3.8, 4) is 0 Å². The van der Waals surface area contributed by atoms with Crippen LogP contribution in [-0.4, -0.2) is 30.8 Å². The van der Waals surface area contributed by atoms with E-state index in [1.165, 1.54) is 31.2 Å². The van der Waals surface area contributed by atoms with E-state index < -0.39 is 34.1 Å². The van der Waals surface area contributed by atoms with Gasteiger partial charge < -0.3 is 0 Å². The number of carbonyl (C=O) groups excluding carboxylic acids is 1. The highest BCUT2D eigenvalue weighted by Gasteiger charge is 2.64. The van der Waals surface area contributed by atoms with E-state index >= 15 is 0 Å². The van der Waals surface area contributed by atoms with Gasteiger partial charge in [-0.2, -0.15) is 13.2 Å². The lowest BCUT2D eigenvalue weighted by Gasteiger charge is -2.45. The van der Waals surface area contributed by atoms with Gasteiger partial charge in [-0.1, -0.05) is 24.6 Å². The molecule has 1 saturated heterocycles. The van der Waals surface area contributed by atoms with Crippen LogP contribution in [0.5, 0.6) is 0 Å². The van der Waals surface area contributed by atoms with Gasteiger partial charge in [0.1, 0.15) is 0 Å². The Bertz CT molecular complexity index is 652. The van der Waals surface area contributed by atoms with E-state index in [0.29, 0.717) is 0 Å². The lowest BCUT2D eigenvalue weighted by molar-refractivity contribution is -0.215. The molecule has 1 aromatic carbocycles. The van der Waals surface area contributed by atoms with Crippen LogP contribution in [0.1, 0.15) is 18.9 Å². The number of nitrogens with zero attached hydrogens (tertiary/aromatic N) is 1. The fourth-order valence-electron chi connectivity index (χ4n) is 2.37. The molecule has 21 heavy (non-hydrogen) atoms. The van der Waals surface area contributed by atoms with E-state index in [0.717, 1.165) is 5.56 Å². The Hall–Kier alpha value is -1.57. The molecular weight excluding hydrogens is 307 g/mol. The van der Waals surface area contributed by atoms with Crippen LogP contribution in [0.4, 0.5) is 13.2 Å². The molecule has 1 aliphatic rings. The molecule has 1 fully saturated rings. The summed E-state index contributed by atoms with van der Waals surface area (Å²) in [6.45, 7) is 3.15. The fraction of sp³-hybridized carbons (Fsp3) is 0.462. The second kappa shape index (κ2) is 5.01. The standard InChI is InChI=1S/C13H14F3NO3S/c1-3-10-11(13(14,15)16)17(12(10)18)21(19,20)9-6-4-8(2)5-7-9/h4-7,10-11H,3H2,1-2H3/t10-,11+/m0/s1. The maximum Gasteiger partial charge on any atom is 0.410 e. The molecule has 8 heteroatoms. The van der Waals surface area contributed by atoms with Crippen molar-refractivity contribution < 1.29 is 26.4 Å². The summed E-state index contributed by atoms with van der Waals surface area (Å²) in [6, 6.07) is 3.06. The van der Waals surface area contributed by atoms with Crippen molar-refractivity contribution in [1.29, 1.82) is 0 Å². The van der Waals surface area contributed by atoms with Crippen LogP contribution in [0.3, 0.4) is 0 Å². The zero-order valence-electron chi connectivity index (χ0n) is 11.4. The number of halogens is 3. The van der Waals surface area contributed by atoms with Gasteiger partial charge in [0.15, 0.2) is 6.04 Å². The monoisotopic (exact) mass is 321 g/mol. The summed E-state index contributed by atoms with van der Waals surface area (Å²) in [4.78, 5) is 11.5. The van der Waals surface area contributed by atoms with E-state index in [2.05, 4.69) is 0 Å². The summed E-state index contributed by atoms with van der Waals surface area (Å²) in [7, 11) is -4.48. The highest BCUT2D eigenvalue weighted by atomic mass is 32.2. The zero-order chi connectivity index (χ0) is 16.0. The predicted octanol–water partition coefficient (Wildman–Crippen LogP) is 2.48. The summed E-state index contributed by atoms with van der Waals surface area (Å²) in [5.41, 5.74) is 0.766. The lowest BCUT2D eigenvalue weighted by Crippen LogP contribution is -2.68. The number of rotatable bonds is 3. The number of benzene rings is 1. The van der Waals surface area contributed by atoms with Crippen LogP contribution >= 0.6 is 0 Å². The predicted molar refractivity (Wildman–Crippen MR) is 68.8 cm³/mol. The third-order valence-corrected chi connectivity index (χ3v) is 5.31. The van der Waals surface area contributed by atoms with Crippen LogP contribution in [0.25, 0.3) is 0 Å². The summed E-state index contributed by atoms with van der Waals surface area (Å²) >= 11 is 0. The largest absolute Gasteiger partial charge is 0.410 e. The van der Waals surface area contributed by atoms with Crippen molar-refractivity contribution in [2.24, 2.45) is 5.92 Å². The number of hydrogen-bond acceptors (Lipinski definition) is 3. The van der Waals surface area contributed by atoms with Crippen LogP contribution in [0.15, 0.2) is 29.2 Å². The molecule has 4 nitrogen and oxygen atoms in total. The molecule has 0 radical (unpaired) electrons. The number of β-lactam (4-membered cyclic amide) rings is 1. The number of sulfonamides is 1. The Kier molecular flexibility index (Phi) is 3.77. The molecule has 0 bridgehead atoms. The Labute approximate surface area is 120 Å². The van der Waals surface area contributed by atoms with Crippen LogP contribution in [0, 0.1) is 12.8 Å². The Balaban J connectivity index is 2.44. The first-order chi connectivity index (χ1) is 9.60. The summed E-state index contributed by atoms with van der Waals surface area (Å²) in [5.74, 6) is -2.33. The molecule has 0 spiro atoms.